The molecule has 0 aliphatic carbocycles. The lowest BCUT2D eigenvalue weighted by atomic mass is 10.2. The third-order valence-electron chi connectivity index (χ3n) is 4.54. The standard InChI is InChI=1S/C23H24N2O4S/c1-3-29-21-13-7-9-18(15-21)17-24-23(26)19-10-8-14-22(16-19)30(27,28)25(2)20-11-5-4-6-12-20/h4-16H,3,17H2,1-2H3,(H,24,26). The molecule has 1 amide bonds. The summed E-state index contributed by atoms with van der Waals surface area (Å²) in [5, 5.41) is 2.82. The maximum atomic E-state index is 13.0. The first-order valence-corrected chi connectivity index (χ1v) is 11.0. The highest BCUT2D eigenvalue weighted by Crippen LogP contribution is 2.22. The smallest absolute Gasteiger partial charge is 0.264 e. The van der Waals surface area contributed by atoms with Gasteiger partial charge in [0, 0.05) is 19.2 Å². The maximum Gasteiger partial charge on any atom is 0.264 e. The number of rotatable bonds is 8. The van der Waals surface area contributed by atoms with E-state index in [0.29, 0.717) is 18.8 Å². The summed E-state index contributed by atoms with van der Waals surface area (Å²) in [4.78, 5) is 12.7. The van der Waals surface area contributed by atoms with Gasteiger partial charge in [0.1, 0.15) is 5.75 Å². The Labute approximate surface area is 177 Å². The number of nitrogens with zero attached hydrogens (tertiary/aromatic N) is 1. The normalized spacial score (nSPS) is 11.0. The van der Waals surface area contributed by atoms with Crippen molar-refractivity contribution in [2.45, 2.75) is 18.4 Å². The van der Waals surface area contributed by atoms with Gasteiger partial charge in [-0.1, -0.05) is 36.4 Å². The quantitative estimate of drug-likeness (QED) is 0.596. The van der Waals surface area contributed by atoms with Crippen molar-refractivity contribution in [1.82, 2.24) is 5.32 Å². The van der Waals surface area contributed by atoms with Gasteiger partial charge in [-0.3, -0.25) is 9.10 Å². The Hall–Kier alpha value is -3.32. The highest BCUT2D eigenvalue weighted by Gasteiger charge is 2.22. The second-order valence-corrected chi connectivity index (χ2v) is 8.57. The fourth-order valence-electron chi connectivity index (χ4n) is 2.93. The molecule has 7 heteroatoms. The highest BCUT2D eigenvalue weighted by molar-refractivity contribution is 7.92. The predicted molar refractivity (Wildman–Crippen MR) is 117 cm³/mol. The average Bonchev–Trinajstić information content (AvgIpc) is 2.78. The van der Waals surface area contributed by atoms with Crippen LogP contribution in [0.5, 0.6) is 5.75 Å². The van der Waals surface area contributed by atoms with Crippen LogP contribution in [0.2, 0.25) is 0 Å². The Morgan fingerprint density at radius 3 is 2.43 bits per heavy atom. The van der Waals surface area contributed by atoms with Gasteiger partial charge in [0.15, 0.2) is 0 Å². The number of para-hydroxylation sites is 1. The Morgan fingerprint density at radius 1 is 0.967 bits per heavy atom. The van der Waals surface area contributed by atoms with Crippen LogP contribution in [0.25, 0.3) is 0 Å². The van der Waals surface area contributed by atoms with Crippen molar-refractivity contribution in [3.05, 3.63) is 90.0 Å². The van der Waals surface area contributed by atoms with Gasteiger partial charge >= 0.3 is 0 Å². The van der Waals surface area contributed by atoms with Gasteiger partial charge in [-0.05, 0) is 55.0 Å². The van der Waals surface area contributed by atoms with Gasteiger partial charge < -0.3 is 10.1 Å². The average molecular weight is 425 g/mol. The number of anilines is 1. The Morgan fingerprint density at radius 2 is 1.70 bits per heavy atom. The van der Waals surface area contributed by atoms with E-state index in [4.69, 9.17) is 4.74 Å². The molecule has 0 atom stereocenters. The lowest BCUT2D eigenvalue weighted by Crippen LogP contribution is -2.27. The van der Waals surface area contributed by atoms with E-state index in [9.17, 15) is 13.2 Å². The van der Waals surface area contributed by atoms with Crippen molar-refractivity contribution in [2.75, 3.05) is 18.0 Å². The highest BCUT2D eigenvalue weighted by atomic mass is 32.2. The lowest BCUT2D eigenvalue weighted by molar-refractivity contribution is 0.0950. The molecule has 0 saturated carbocycles. The summed E-state index contributed by atoms with van der Waals surface area (Å²) in [6.07, 6.45) is 0. The molecule has 3 rings (SSSR count). The van der Waals surface area contributed by atoms with Crippen molar-refractivity contribution in [1.29, 1.82) is 0 Å². The molecule has 0 bridgehead atoms. The third kappa shape index (κ3) is 4.99. The molecule has 0 aromatic heterocycles. The zero-order valence-electron chi connectivity index (χ0n) is 16.9. The molecule has 1 N–H and O–H groups in total. The number of amides is 1. The number of nitrogens with one attached hydrogen (secondary N) is 1. The minimum Gasteiger partial charge on any atom is -0.494 e. The number of benzene rings is 3. The van der Waals surface area contributed by atoms with Crippen LogP contribution in [-0.2, 0) is 16.6 Å². The minimum absolute atomic E-state index is 0.0554. The first-order chi connectivity index (χ1) is 14.4. The number of carbonyl (C=O) groups is 1. The Bertz CT molecular complexity index is 1110. The minimum atomic E-state index is -3.79. The van der Waals surface area contributed by atoms with Gasteiger partial charge in [0.05, 0.1) is 17.2 Å². The molecule has 0 radical (unpaired) electrons. The molecule has 3 aromatic rings. The van der Waals surface area contributed by atoms with E-state index < -0.39 is 10.0 Å². The van der Waals surface area contributed by atoms with Gasteiger partial charge in [-0.15, -0.1) is 0 Å². The Kier molecular flexibility index (Phi) is 6.74. The van der Waals surface area contributed by atoms with E-state index in [1.807, 2.05) is 37.3 Å². The molecule has 0 fully saturated rings. The van der Waals surface area contributed by atoms with Crippen LogP contribution in [0.3, 0.4) is 0 Å². The third-order valence-corrected chi connectivity index (χ3v) is 6.32. The van der Waals surface area contributed by atoms with Crippen LogP contribution >= 0.6 is 0 Å². The monoisotopic (exact) mass is 424 g/mol. The number of ether oxygens (including phenoxy) is 1. The summed E-state index contributed by atoms with van der Waals surface area (Å²) < 4.78 is 32.6. The van der Waals surface area contributed by atoms with Crippen LogP contribution in [0.15, 0.2) is 83.8 Å². The van der Waals surface area contributed by atoms with Crippen LogP contribution in [-0.4, -0.2) is 28.0 Å². The first kappa shape index (κ1) is 21.4. The fourth-order valence-corrected chi connectivity index (χ4v) is 4.17. The second kappa shape index (κ2) is 9.45. The van der Waals surface area contributed by atoms with Crippen molar-refractivity contribution < 1.29 is 17.9 Å². The molecule has 3 aromatic carbocycles. The van der Waals surface area contributed by atoms with E-state index in [1.165, 1.54) is 23.5 Å². The van der Waals surface area contributed by atoms with Gasteiger partial charge in [-0.25, -0.2) is 8.42 Å². The lowest BCUT2D eigenvalue weighted by Gasteiger charge is -2.19. The molecule has 0 aliphatic rings. The largest absolute Gasteiger partial charge is 0.494 e. The second-order valence-electron chi connectivity index (χ2n) is 6.60. The topological polar surface area (TPSA) is 75.7 Å². The molecule has 0 aliphatic heterocycles. The van der Waals surface area contributed by atoms with Crippen LogP contribution in [0.1, 0.15) is 22.8 Å². The summed E-state index contributed by atoms with van der Waals surface area (Å²) in [5.41, 5.74) is 1.71. The zero-order chi connectivity index (χ0) is 21.6. The first-order valence-electron chi connectivity index (χ1n) is 9.56. The van der Waals surface area contributed by atoms with E-state index in [0.717, 1.165) is 11.3 Å². The Balaban J connectivity index is 1.74. The van der Waals surface area contributed by atoms with Crippen molar-refractivity contribution >= 4 is 21.6 Å². The predicted octanol–water partition coefficient (Wildman–Crippen LogP) is 3.84. The van der Waals surface area contributed by atoms with Crippen molar-refractivity contribution in [3.8, 4) is 5.75 Å². The van der Waals surface area contributed by atoms with Crippen LogP contribution in [0.4, 0.5) is 5.69 Å². The molecular weight excluding hydrogens is 400 g/mol. The summed E-state index contributed by atoms with van der Waals surface area (Å²) in [6, 6.07) is 22.3. The van der Waals surface area contributed by atoms with Gasteiger partial charge in [0.2, 0.25) is 0 Å². The molecule has 6 nitrogen and oxygen atoms in total. The maximum absolute atomic E-state index is 13.0. The van der Waals surface area contributed by atoms with E-state index in [1.54, 1.807) is 36.4 Å². The van der Waals surface area contributed by atoms with E-state index in [-0.39, 0.29) is 16.4 Å². The van der Waals surface area contributed by atoms with Crippen LogP contribution in [0, 0.1) is 0 Å². The molecule has 0 heterocycles. The molecule has 0 unspecified atom stereocenters. The summed E-state index contributed by atoms with van der Waals surface area (Å²) in [7, 11) is -2.30. The number of hydrogen-bond acceptors (Lipinski definition) is 4. The zero-order valence-corrected chi connectivity index (χ0v) is 17.7. The molecule has 0 saturated heterocycles. The van der Waals surface area contributed by atoms with E-state index >= 15 is 0 Å². The molecule has 30 heavy (non-hydrogen) atoms. The van der Waals surface area contributed by atoms with Crippen LogP contribution < -0.4 is 14.4 Å². The van der Waals surface area contributed by atoms with Gasteiger partial charge in [0.25, 0.3) is 15.9 Å². The molecular formula is C23H24N2O4S. The summed E-state index contributed by atoms with van der Waals surface area (Å²) >= 11 is 0. The number of carbonyl (C=O) groups excluding carboxylic acids is 1. The molecule has 0 spiro atoms. The summed E-state index contributed by atoms with van der Waals surface area (Å²) in [5.74, 6) is 0.387. The SMILES string of the molecule is CCOc1cccc(CNC(=O)c2cccc(S(=O)(=O)N(C)c3ccccc3)c2)c1. The van der Waals surface area contributed by atoms with Crippen molar-refractivity contribution in [2.24, 2.45) is 0 Å². The van der Waals surface area contributed by atoms with Crippen molar-refractivity contribution in [3.63, 3.8) is 0 Å². The summed E-state index contributed by atoms with van der Waals surface area (Å²) in [6.45, 7) is 2.78. The van der Waals surface area contributed by atoms with Gasteiger partial charge in [-0.2, -0.15) is 0 Å². The molecule has 156 valence electrons. The fraction of sp³-hybridized carbons (Fsp3) is 0.174. The number of sulfonamides is 1. The van der Waals surface area contributed by atoms with E-state index in [2.05, 4.69) is 5.32 Å². The number of hydrogen-bond donors (Lipinski definition) is 1.